The Balaban J connectivity index is 1.91. The number of aromatic nitrogens is 1. The highest BCUT2D eigenvalue weighted by Gasteiger charge is 2.05. The highest BCUT2D eigenvalue weighted by atomic mass is 16.2. The second-order valence-electron chi connectivity index (χ2n) is 4.72. The Bertz CT molecular complexity index is 670. The molecule has 0 atom stereocenters. The number of nitrogens with one attached hydrogen (secondary N) is 2. The molecule has 7 heteroatoms. The van der Waals surface area contributed by atoms with E-state index in [1.165, 1.54) is 0 Å². The van der Waals surface area contributed by atoms with Crippen LogP contribution in [0.1, 0.15) is 21.5 Å². The van der Waals surface area contributed by atoms with Crippen LogP contribution >= 0.6 is 0 Å². The molecule has 1 heterocycles. The summed E-state index contributed by atoms with van der Waals surface area (Å²) in [7, 11) is 0. The van der Waals surface area contributed by atoms with E-state index in [0.29, 0.717) is 24.3 Å². The third-order valence-electron chi connectivity index (χ3n) is 2.95. The summed E-state index contributed by atoms with van der Waals surface area (Å²) in [6, 6.07) is 8.05. The first-order chi connectivity index (χ1) is 10.5. The predicted octanol–water partition coefficient (Wildman–Crippen LogP) is 0.762. The number of hydrogen-bond acceptors (Lipinski definition) is 4. The summed E-state index contributed by atoms with van der Waals surface area (Å²) in [4.78, 5) is 26.6. The highest BCUT2D eigenvalue weighted by Crippen LogP contribution is 2.06. The Morgan fingerprint density at radius 3 is 2.32 bits per heavy atom. The maximum absolute atomic E-state index is 12.0. The lowest BCUT2D eigenvalue weighted by Crippen LogP contribution is -2.28. The van der Waals surface area contributed by atoms with Crippen LogP contribution in [0.15, 0.2) is 42.7 Å². The molecular weight excluding hydrogens is 282 g/mol. The molecule has 0 saturated heterocycles. The van der Waals surface area contributed by atoms with Crippen molar-refractivity contribution in [3.05, 3.63) is 59.4 Å². The summed E-state index contributed by atoms with van der Waals surface area (Å²) in [6.45, 7) is 0.675. The van der Waals surface area contributed by atoms with Gasteiger partial charge in [-0.2, -0.15) is 0 Å². The number of nitrogens with two attached hydrogens (primary N) is 2. The van der Waals surface area contributed by atoms with Crippen LogP contribution in [-0.4, -0.2) is 16.9 Å². The van der Waals surface area contributed by atoms with E-state index >= 15 is 0 Å². The van der Waals surface area contributed by atoms with E-state index < -0.39 is 6.03 Å². The first-order valence-electron chi connectivity index (χ1n) is 6.64. The smallest absolute Gasteiger partial charge is 0.312 e. The van der Waals surface area contributed by atoms with Gasteiger partial charge in [0.25, 0.3) is 5.91 Å². The van der Waals surface area contributed by atoms with Gasteiger partial charge in [-0.15, -0.1) is 0 Å². The number of primary amides is 1. The van der Waals surface area contributed by atoms with Crippen molar-refractivity contribution in [1.82, 2.24) is 15.6 Å². The molecule has 0 spiro atoms. The van der Waals surface area contributed by atoms with E-state index in [-0.39, 0.29) is 5.91 Å². The van der Waals surface area contributed by atoms with Gasteiger partial charge in [0.15, 0.2) is 0 Å². The maximum Gasteiger partial charge on any atom is 0.312 e. The molecule has 0 unspecified atom stereocenters. The Morgan fingerprint density at radius 2 is 1.68 bits per heavy atom. The molecule has 0 aliphatic heterocycles. The molecule has 7 nitrogen and oxygen atoms in total. The molecule has 2 rings (SSSR count). The van der Waals surface area contributed by atoms with Crippen molar-refractivity contribution in [2.75, 3.05) is 5.73 Å². The van der Waals surface area contributed by atoms with E-state index in [1.54, 1.807) is 42.7 Å². The molecule has 114 valence electrons. The van der Waals surface area contributed by atoms with Crippen LogP contribution in [-0.2, 0) is 13.1 Å². The summed E-state index contributed by atoms with van der Waals surface area (Å²) in [5, 5.41) is 5.27. The van der Waals surface area contributed by atoms with Crippen molar-refractivity contribution in [3.63, 3.8) is 0 Å². The minimum absolute atomic E-state index is 0.197. The van der Waals surface area contributed by atoms with Crippen molar-refractivity contribution in [3.8, 4) is 0 Å². The number of anilines is 1. The van der Waals surface area contributed by atoms with Crippen molar-refractivity contribution < 1.29 is 9.59 Å². The maximum atomic E-state index is 12.0. The fraction of sp³-hybridized carbons (Fsp3) is 0.133. The second-order valence-corrected chi connectivity index (χ2v) is 4.72. The van der Waals surface area contributed by atoms with Crippen LogP contribution in [0.2, 0.25) is 0 Å². The molecule has 0 aliphatic rings. The zero-order chi connectivity index (χ0) is 15.9. The molecular formula is C15H17N5O2. The number of nitrogens with zero attached hydrogens (tertiary/aromatic N) is 1. The lowest BCUT2D eigenvalue weighted by molar-refractivity contribution is 0.0951. The van der Waals surface area contributed by atoms with Gasteiger partial charge in [0, 0.05) is 31.0 Å². The summed E-state index contributed by atoms with van der Waals surface area (Å²) in [6.07, 6.45) is 3.19. The molecule has 1 aromatic carbocycles. The van der Waals surface area contributed by atoms with Gasteiger partial charge < -0.3 is 22.1 Å². The third-order valence-corrected chi connectivity index (χ3v) is 2.95. The van der Waals surface area contributed by atoms with Crippen molar-refractivity contribution >= 4 is 17.6 Å². The van der Waals surface area contributed by atoms with E-state index in [0.717, 1.165) is 11.1 Å². The third kappa shape index (κ3) is 4.48. The van der Waals surface area contributed by atoms with Gasteiger partial charge in [-0.25, -0.2) is 4.79 Å². The van der Waals surface area contributed by atoms with Crippen LogP contribution in [0.3, 0.4) is 0 Å². The summed E-state index contributed by atoms with van der Waals surface area (Å²) < 4.78 is 0. The SMILES string of the molecule is NC(=O)NCc1ccc(C(=O)NCc2cncc(N)c2)cc1. The van der Waals surface area contributed by atoms with Gasteiger partial charge >= 0.3 is 6.03 Å². The summed E-state index contributed by atoms with van der Waals surface area (Å²) in [5.74, 6) is -0.197. The fourth-order valence-electron chi connectivity index (χ4n) is 1.85. The number of nitrogen functional groups attached to an aromatic ring is 1. The van der Waals surface area contributed by atoms with Gasteiger partial charge in [-0.3, -0.25) is 9.78 Å². The van der Waals surface area contributed by atoms with Gasteiger partial charge in [0.1, 0.15) is 0 Å². The second kappa shape index (κ2) is 7.07. The zero-order valence-electron chi connectivity index (χ0n) is 11.9. The number of rotatable bonds is 5. The molecule has 6 N–H and O–H groups in total. The van der Waals surface area contributed by atoms with Crippen LogP contribution < -0.4 is 22.1 Å². The topological polar surface area (TPSA) is 123 Å². The van der Waals surface area contributed by atoms with E-state index in [2.05, 4.69) is 15.6 Å². The number of urea groups is 1. The molecule has 0 aliphatic carbocycles. The number of hydrogen-bond donors (Lipinski definition) is 4. The van der Waals surface area contributed by atoms with Crippen LogP contribution in [0.25, 0.3) is 0 Å². The number of pyridine rings is 1. The molecule has 0 saturated carbocycles. The van der Waals surface area contributed by atoms with Crippen LogP contribution in [0, 0.1) is 0 Å². The van der Waals surface area contributed by atoms with Gasteiger partial charge in [-0.1, -0.05) is 12.1 Å². The van der Waals surface area contributed by atoms with Crippen molar-refractivity contribution in [2.24, 2.45) is 5.73 Å². The average Bonchev–Trinajstić information content (AvgIpc) is 2.51. The van der Waals surface area contributed by atoms with E-state index in [1.807, 2.05) is 0 Å². The zero-order valence-corrected chi connectivity index (χ0v) is 11.9. The van der Waals surface area contributed by atoms with Gasteiger partial charge in [-0.05, 0) is 29.3 Å². The van der Waals surface area contributed by atoms with Crippen LogP contribution in [0.5, 0.6) is 0 Å². The molecule has 0 fully saturated rings. The minimum atomic E-state index is -0.586. The molecule has 22 heavy (non-hydrogen) atoms. The Kier molecular flexibility index (Phi) is 4.92. The monoisotopic (exact) mass is 299 g/mol. The molecule has 3 amide bonds. The average molecular weight is 299 g/mol. The quantitative estimate of drug-likeness (QED) is 0.650. The number of carbonyl (C=O) groups excluding carboxylic acids is 2. The van der Waals surface area contributed by atoms with E-state index in [4.69, 9.17) is 11.5 Å². The number of amides is 3. The standard InChI is InChI=1S/C15H17N5O2/c16-13-5-11(6-18-9-13)8-19-14(21)12-3-1-10(2-4-12)7-20-15(17)22/h1-6,9H,7-8,16H2,(H,19,21)(H3,17,20,22). The summed E-state index contributed by atoms with van der Waals surface area (Å²) in [5.41, 5.74) is 13.4. The summed E-state index contributed by atoms with van der Waals surface area (Å²) >= 11 is 0. The number of carbonyl (C=O) groups is 2. The normalized spacial score (nSPS) is 10.0. The van der Waals surface area contributed by atoms with Crippen molar-refractivity contribution in [2.45, 2.75) is 13.1 Å². The highest BCUT2D eigenvalue weighted by molar-refractivity contribution is 5.94. The minimum Gasteiger partial charge on any atom is -0.397 e. The lowest BCUT2D eigenvalue weighted by atomic mass is 10.1. The Morgan fingerprint density at radius 1 is 1.00 bits per heavy atom. The van der Waals surface area contributed by atoms with Crippen LogP contribution in [0.4, 0.5) is 10.5 Å². The molecule has 1 aromatic heterocycles. The molecule has 0 bridgehead atoms. The molecule has 0 radical (unpaired) electrons. The predicted molar refractivity (Wildman–Crippen MR) is 82.7 cm³/mol. The first-order valence-corrected chi connectivity index (χ1v) is 6.64. The van der Waals surface area contributed by atoms with Gasteiger partial charge in [0.2, 0.25) is 0 Å². The van der Waals surface area contributed by atoms with E-state index in [9.17, 15) is 9.59 Å². The fourth-order valence-corrected chi connectivity index (χ4v) is 1.85. The Labute approximate surface area is 127 Å². The largest absolute Gasteiger partial charge is 0.397 e. The lowest BCUT2D eigenvalue weighted by Gasteiger charge is -2.07. The Hall–Kier alpha value is -3.09. The van der Waals surface area contributed by atoms with Gasteiger partial charge in [0.05, 0.1) is 5.69 Å². The first kappa shape index (κ1) is 15.3. The number of benzene rings is 1. The van der Waals surface area contributed by atoms with Crippen molar-refractivity contribution in [1.29, 1.82) is 0 Å². The molecule has 2 aromatic rings.